The highest BCUT2D eigenvalue weighted by Gasteiger charge is 2.16. The Labute approximate surface area is 70.1 Å². The van der Waals surface area contributed by atoms with E-state index in [-0.39, 0.29) is 0 Å². The average molecular weight is 153 g/mol. The molecule has 0 aromatic carbocycles. The fourth-order valence-corrected chi connectivity index (χ4v) is 1.78. The van der Waals surface area contributed by atoms with Gasteiger partial charge in [-0.3, -0.25) is 0 Å². The third-order valence-electron chi connectivity index (χ3n) is 2.72. The van der Waals surface area contributed by atoms with Crippen molar-refractivity contribution in [2.45, 2.75) is 45.1 Å². The Balaban J connectivity index is 2.38. The summed E-state index contributed by atoms with van der Waals surface area (Å²) in [6.45, 7) is 6.05. The summed E-state index contributed by atoms with van der Waals surface area (Å²) >= 11 is 0. The van der Waals surface area contributed by atoms with Gasteiger partial charge in [-0.1, -0.05) is 25.8 Å². The Kier molecular flexibility index (Phi) is 2.98. The molecule has 1 heteroatoms. The average Bonchev–Trinajstić information content (AvgIpc) is 2.05. The summed E-state index contributed by atoms with van der Waals surface area (Å²) in [7, 11) is 2.16. The van der Waals surface area contributed by atoms with Crippen LogP contribution in [0.2, 0.25) is 0 Å². The van der Waals surface area contributed by atoms with E-state index in [2.05, 4.69) is 25.5 Å². The van der Waals surface area contributed by atoms with Gasteiger partial charge in [0.05, 0.1) is 0 Å². The second kappa shape index (κ2) is 3.80. The molecule has 1 aliphatic carbocycles. The largest absolute Gasteiger partial charge is 0.376 e. The number of hydrogen-bond donors (Lipinski definition) is 0. The number of hydrogen-bond acceptors (Lipinski definition) is 1. The lowest BCUT2D eigenvalue weighted by Crippen LogP contribution is -2.31. The Morgan fingerprint density at radius 2 is 1.82 bits per heavy atom. The van der Waals surface area contributed by atoms with Crippen LogP contribution in [0.5, 0.6) is 0 Å². The van der Waals surface area contributed by atoms with Crippen molar-refractivity contribution < 1.29 is 0 Å². The minimum Gasteiger partial charge on any atom is -0.376 e. The summed E-state index contributed by atoms with van der Waals surface area (Å²) in [4.78, 5) is 2.33. The van der Waals surface area contributed by atoms with E-state index in [4.69, 9.17) is 0 Å². The zero-order valence-corrected chi connectivity index (χ0v) is 7.77. The van der Waals surface area contributed by atoms with Crippen molar-refractivity contribution in [1.29, 1.82) is 0 Å². The maximum Gasteiger partial charge on any atom is 0.0283 e. The van der Waals surface area contributed by atoms with Crippen LogP contribution < -0.4 is 0 Å². The second-order valence-corrected chi connectivity index (χ2v) is 3.64. The molecule has 1 rings (SSSR count). The molecule has 0 aliphatic heterocycles. The van der Waals surface area contributed by atoms with Gasteiger partial charge in [-0.15, -0.1) is 0 Å². The van der Waals surface area contributed by atoms with Gasteiger partial charge in [-0.2, -0.15) is 0 Å². The predicted octanol–water partition coefficient (Wildman–Crippen LogP) is 2.78. The van der Waals surface area contributed by atoms with Crippen LogP contribution in [-0.2, 0) is 0 Å². The lowest BCUT2D eigenvalue weighted by Gasteiger charge is -2.32. The molecule has 11 heavy (non-hydrogen) atoms. The Morgan fingerprint density at radius 3 is 2.27 bits per heavy atom. The van der Waals surface area contributed by atoms with E-state index in [1.54, 1.807) is 0 Å². The van der Waals surface area contributed by atoms with Gasteiger partial charge in [0.25, 0.3) is 0 Å². The Bertz CT molecular complexity index is 134. The first-order valence-electron chi connectivity index (χ1n) is 4.60. The van der Waals surface area contributed by atoms with E-state index in [1.165, 1.54) is 37.8 Å². The van der Waals surface area contributed by atoms with Crippen LogP contribution in [0.15, 0.2) is 12.3 Å². The zero-order valence-electron chi connectivity index (χ0n) is 7.77. The smallest absolute Gasteiger partial charge is 0.0283 e. The zero-order chi connectivity index (χ0) is 8.27. The van der Waals surface area contributed by atoms with Crippen molar-refractivity contribution in [2.75, 3.05) is 7.05 Å². The molecule has 0 atom stereocenters. The van der Waals surface area contributed by atoms with E-state index < -0.39 is 0 Å². The lowest BCUT2D eigenvalue weighted by molar-refractivity contribution is 0.237. The molecule has 1 aliphatic rings. The van der Waals surface area contributed by atoms with Gasteiger partial charge in [-0.05, 0) is 19.8 Å². The van der Waals surface area contributed by atoms with E-state index in [9.17, 15) is 0 Å². The molecular formula is C10H19N. The maximum atomic E-state index is 3.96. The minimum absolute atomic E-state index is 0.779. The van der Waals surface area contributed by atoms with E-state index >= 15 is 0 Å². The molecule has 0 aromatic rings. The summed E-state index contributed by atoms with van der Waals surface area (Å²) < 4.78 is 0. The summed E-state index contributed by atoms with van der Waals surface area (Å²) in [5.74, 6) is 0. The molecule has 0 spiro atoms. The van der Waals surface area contributed by atoms with Crippen LogP contribution in [0.25, 0.3) is 0 Å². The van der Waals surface area contributed by atoms with Crippen molar-refractivity contribution in [2.24, 2.45) is 0 Å². The predicted molar refractivity (Wildman–Crippen MR) is 49.5 cm³/mol. The van der Waals surface area contributed by atoms with Crippen molar-refractivity contribution in [3.63, 3.8) is 0 Å². The minimum atomic E-state index is 0.779. The summed E-state index contributed by atoms with van der Waals surface area (Å²) in [5.41, 5.74) is 1.21. The van der Waals surface area contributed by atoms with Crippen molar-refractivity contribution in [3.05, 3.63) is 12.3 Å². The molecule has 0 radical (unpaired) electrons. The molecule has 0 saturated heterocycles. The third kappa shape index (κ3) is 2.25. The van der Waals surface area contributed by atoms with Crippen LogP contribution in [0.4, 0.5) is 0 Å². The quantitative estimate of drug-likeness (QED) is 0.589. The molecule has 0 N–H and O–H groups in total. The summed E-state index contributed by atoms with van der Waals surface area (Å²) in [6.07, 6.45) is 6.97. The number of nitrogens with zero attached hydrogens (tertiary/aromatic N) is 1. The molecule has 64 valence electrons. The first-order chi connectivity index (χ1) is 5.22. The normalized spacial score (nSPS) is 19.8. The lowest BCUT2D eigenvalue weighted by atomic mass is 9.94. The van der Waals surface area contributed by atoms with Crippen molar-refractivity contribution in [3.8, 4) is 0 Å². The maximum absolute atomic E-state index is 3.96. The number of rotatable bonds is 2. The van der Waals surface area contributed by atoms with Gasteiger partial charge >= 0.3 is 0 Å². The van der Waals surface area contributed by atoms with Crippen LogP contribution in [0, 0.1) is 0 Å². The second-order valence-electron chi connectivity index (χ2n) is 3.64. The molecule has 1 fully saturated rings. The SMILES string of the molecule is C=C(C)N(C)C1CCCCC1. The number of allylic oxidation sites excluding steroid dienone is 1. The molecule has 0 unspecified atom stereocenters. The van der Waals surface area contributed by atoms with Crippen LogP contribution in [0.1, 0.15) is 39.0 Å². The van der Waals surface area contributed by atoms with Crippen LogP contribution in [0.3, 0.4) is 0 Å². The first-order valence-corrected chi connectivity index (χ1v) is 4.60. The molecule has 0 bridgehead atoms. The fourth-order valence-electron chi connectivity index (χ4n) is 1.78. The summed E-state index contributed by atoms with van der Waals surface area (Å²) in [6, 6.07) is 0.779. The molecule has 0 aromatic heterocycles. The molecule has 1 saturated carbocycles. The van der Waals surface area contributed by atoms with Gasteiger partial charge in [0.1, 0.15) is 0 Å². The summed E-state index contributed by atoms with van der Waals surface area (Å²) in [5, 5.41) is 0. The first kappa shape index (κ1) is 8.63. The highest BCUT2D eigenvalue weighted by atomic mass is 15.1. The van der Waals surface area contributed by atoms with Crippen molar-refractivity contribution in [1.82, 2.24) is 4.90 Å². The molecule has 0 amide bonds. The molecule has 0 heterocycles. The molecular weight excluding hydrogens is 134 g/mol. The van der Waals surface area contributed by atoms with E-state index in [0.29, 0.717) is 0 Å². The monoisotopic (exact) mass is 153 g/mol. The van der Waals surface area contributed by atoms with E-state index in [1.807, 2.05) is 0 Å². The van der Waals surface area contributed by atoms with Crippen LogP contribution >= 0.6 is 0 Å². The van der Waals surface area contributed by atoms with Gasteiger partial charge in [-0.25, -0.2) is 0 Å². The molecule has 1 nitrogen and oxygen atoms in total. The van der Waals surface area contributed by atoms with E-state index in [0.717, 1.165) is 6.04 Å². The highest BCUT2D eigenvalue weighted by Crippen LogP contribution is 2.23. The Hall–Kier alpha value is -0.460. The van der Waals surface area contributed by atoms with Crippen molar-refractivity contribution >= 4 is 0 Å². The van der Waals surface area contributed by atoms with Gasteiger partial charge in [0, 0.05) is 18.8 Å². The van der Waals surface area contributed by atoms with Gasteiger partial charge in [0.2, 0.25) is 0 Å². The van der Waals surface area contributed by atoms with Gasteiger partial charge < -0.3 is 4.90 Å². The Morgan fingerprint density at radius 1 is 1.27 bits per heavy atom. The van der Waals surface area contributed by atoms with Crippen LogP contribution in [-0.4, -0.2) is 18.0 Å². The van der Waals surface area contributed by atoms with Gasteiger partial charge in [0.15, 0.2) is 0 Å². The third-order valence-corrected chi connectivity index (χ3v) is 2.72. The highest BCUT2D eigenvalue weighted by molar-refractivity contribution is 4.91. The fraction of sp³-hybridized carbons (Fsp3) is 0.800. The standard InChI is InChI=1S/C10H19N/c1-9(2)11(3)10-7-5-4-6-8-10/h10H,1,4-8H2,2-3H3. The topological polar surface area (TPSA) is 3.24 Å².